The molecule has 0 amide bonds. The van der Waals surface area contributed by atoms with Crippen LogP contribution in [0.25, 0.3) is 0 Å². The number of hydrogen-bond acceptors (Lipinski definition) is 2. The smallest absolute Gasteiger partial charge is 0.126 e. The normalized spacial score (nSPS) is 19.2. The van der Waals surface area contributed by atoms with E-state index in [4.69, 9.17) is 4.74 Å². The predicted molar refractivity (Wildman–Crippen MR) is 81.0 cm³/mol. The van der Waals surface area contributed by atoms with E-state index >= 15 is 0 Å². The van der Waals surface area contributed by atoms with Crippen molar-refractivity contribution in [1.29, 1.82) is 0 Å². The van der Waals surface area contributed by atoms with Crippen molar-refractivity contribution in [3.05, 3.63) is 28.8 Å². The van der Waals surface area contributed by atoms with Crippen LogP contribution < -0.4 is 10.1 Å². The molecule has 1 unspecified atom stereocenters. The first-order valence-corrected chi connectivity index (χ1v) is 7.33. The molecule has 0 spiro atoms. The minimum absolute atomic E-state index is 0.180. The minimum atomic E-state index is 0.180. The number of hydrogen-bond donors (Lipinski definition) is 1. The first-order valence-electron chi connectivity index (χ1n) is 7.33. The fraction of sp³-hybridized carbons (Fsp3) is 0.647. The van der Waals surface area contributed by atoms with E-state index in [1.165, 1.54) is 16.7 Å². The lowest BCUT2D eigenvalue weighted by Gasteiger charge is -2.32. The number of fused-ring (bicyclic) bond motifs is 1. The topological polar surface area (TPSA) is 21.3 Å². The molecule has 106 valence electrons. The quantitative estimate of drug-likeness (QED) is 0.865. The fourth-order valence-corrected chi connectivity index (χ4v) is 2.70. The lowest BCUT2D eigenvalue weighted by atomic mass is 9.83. The van der Waals surface area contributed by atoms with Gasteiger partial charge in [0.25, 0.3) is 0 Å². The second kappa shape index (κ2) is 5.16. The molecule has 1 heterocycles. The summed E-state index contributed by atoms with van der Waals surface area (Å²) >= 11 is 0. The second-order valence-corrected chi connectivity index (χ2v) is 6.97. The summed E-state index contributed by atoms with van der Waals surface area (Å²) in [6.45, 7) is 14.2. The van der Waals surface area contributed by atoms with Gasteiger partial charge in [0.05, 0.1) is 6.61 Å². The van der Waals surface area contributed by atoms with E-state index in [2.05, 4.69) is 59.0 Å². The summed E-state index contributed by atoms with van der Waals surface area (Å²) < 4.78 is 5.89. The van der Waals surface area contributed by atoms with E-state index in [1.54, 1.807) is 0 Å². The second-order valence-electron chi connectivity index (χ2n) is 6.97. The summed E-state index contributed by atoms with van der Waals surface area (Å²) in [6, 6.07) is 5.53. The SMILES string of the molecule is Cc1cc(C(C)(C)C)cc2c1OCCC2NC(C)C. The molecule has 19 heavy (non-hydrogen) atoms. The monoisotopic (exact) mass is 261 g/mol. The fourth-order valence-electron chi connectivity index (χ4n) is 2.70. The molecule has 0 aromatic heterocycles. The summed E-state index contributed by atoms with van der Waals surface area (Å²) in [5.74, 6) is 1.09. The number of benzene rings is 1. The van der Waals surface area contributed by atoms with Gasteiger partial charge in [-0.3, -0.25) is 0 Å². The Labute approximate surface area is 117 Å². The maximum atomic E-state index is 5.89. The molecule has 0 saturated heterocycles. The van der Waals surface area contributed by atoms with Gasteiger partial charge in [-0.15, -0.1) is 0 Å². The Kier molecular flexibility index (Phi) is 3.91. The molecule has 0 bridgehead atoms. The van der Waals surface area contributed by atoms with Gasteiger partial charge in [0.1, 0.15) is 5.75 Å². The molecular weight excluding hydrogens is 234 g/mol. The van der Waals surface area contributed by atoms with Crippen molar-refractivity contribution < 1.29 is 4.74 Å². The van der Waals surface area contributed by atoms with E-state index in [1.807, 2.05) is 0 Å². The number of nitrogens with one attached hydrogen (secondary N) is 1. The zero-order valence-corrected chi connectivity index (χ0v) is 13.1. The van der Waals surface area contributed by atoms with Crippen molar-refractivity contribution in [1.82, 2.24) is 5.32 Å². The highest BCUT2D eigenvalue weighted by molar-refractivity contribution is 5.48. The van der Waals surface area contributed by atoms with Gasteiger partial charge >= 0.3 is 0 Å². The van der Waals surface area contributed by atoms with Gasteiger partial charge in [0.15, 0.2) is 0 Å². The molecule has 2 heteroatoms. The largest absolute Gasteiger partial charge is 0.493 e. The standard InChI is InChI=1S/C17H27NO/c1-11(2)18-15-7-8-19-16-12(3)9-13(10-14(15)16)17(4,5)6/h9-11,15,18H,7-8H2,1-6H3. The summed E-state index contributed by atoms with van der Waals surface area (Å²) in [7, 11) is 0. The summed E-state index contributed by atoms with van der Waals surface area (Å²) in [5, 5.41) is 3.66. The molecule has 1 aliphatic rings. The summed E-state index contributed by atoms with van der Waals surface area (Å²) in [4.78, 5) is 0. The zero-order valence-electron chi connectivity index (χ0n) is 13.1. The molecule has 1 atom stereocenters. The Morgan fingerprint density at radius 3 is 2.53 bits per heavy atom. The lowest BCUT2D eigenvalue weighted by Crippen LogP contribution is -2.32. The van der Waals surface area contributed by atoms with Crippen LogP contribution in [0.2, 0.25) is 0 Å². The van der Waals surface area contributed by atoms with Crippen molar-refractivity contribution in [3.8, 4) is 5.75 Å². The van der Waals surface area contributed by atoms with Gasteiger partial charge in [-0.2, -0.15) is 0 Å². The molecule has 2 rings (SSSR count). The molecule has 1 N–H and O–H groups in total. The number of rotatable bonds is 2. The first-order chi connectivity index (χ1) is 8.79. The third kappa shape index (κ3) is 3.11. The predicted octanol–water partition coefficient (Wildman–Crippen LogP) is 4.11. The van der Waals surface area contributed by atoms with Crippen LogP contribution in [0.3, 0.4) is 0 Å². The van der Waals surface area contributed by atoms with Crippen LogP contribution in [-0.4, -0.2) is 12.6 Å². The maximum Gasteiger partial charge on any atom is 0.126 e. The zero-order chi connectivity index (χ0) is 14.2. The van der Waals surface area contributed by atoms with Crippen molar-refractivity contribution in [2.45, 2.75) is 65.5 Å². The Morgan fingerprint density at radius 1 is 1.26 bits per heavy atom. The summed E-state index contributed by atoms with van der Waals surface area (Å²) in [5.41, 5.74) is 4.17. The highest BCUT2D eigenvalue weighted by Crippen LogP contribution is 2.38. The Balaban J connectivity index is 2.45. The highest BCUT2D eigenvalue weighted by Gasteiger charge is 2.26. The van der Waals surface area contributed by atoms with Crippen molar-refractivity contribution in [2.24, 2.45) is 0 Å². The molecule has 0 aliphatic carbocycles. The van der Waals surface area contributed by atoms with Gasteiger partial charge in [-0.05, 0) is 29.5 Å². The lowest BCUT2D eigenvalue weighted by molar-refractivity contribution is 0.245. The summed E-state index contributed by atoms with van der Waals surface area (Å²) in [6.07, 6.45) is 1.05. The van der Waals surface area contributed by atoms with E-state index in [9.17, 15) is 0 Å². The van der Waals surface area contributed by atoms with Crippen LogP contribution in [0.5, 0.6) is 5.75 Å². The maximum absolute atomic E-state index is 5.89. The van der Waals surface area contributed by atoms with Crippen molar-refractivity contribution in [2.75, 3.05) is 6.61 Å². The van der Waals surface area contributed by atoms with Crippen LogP contribution in [0.1, 0.15) is 63.8 Å². The number of ether oxygens (including phenoxy) is 1. The molecule has 0 saturated carbocycles. The van der Waals surface area contributed by atoms with Crippen molar-refractivity contribution >= 4 is 0 Å². The van der Waals surface area contributed by atoms with Gasteiger partial charge in [0, 0.05) is 24.1 Å². The van der Waals surface area contributed by atoms with Crippen molar-refractivity contribution in [3.63, 3.8) is 0 Å². The van der Waals surface area contributed by atoms with E-state index in [0.29, 0.717) is 12.1 Å². The molecule has 0 fully saturated rings. The molecule has 0 radical (unpaired) electrons. The van der Waals surface area contributed by atoms with Gasteiger partial charge < -0.3 is 10.1 Å². The van der Waals surface area contributed by atoms with Crippen LogP contribution in [-0.2, 0) is 5.41 Å². The van der Waals surface area contributed by atoms with Gasteiger partial charge in [0.2, 0.25) is 0 Å². The Bertz CT molecular complexity index is 457. The van der Waals surface area contributed by atoms with Gasteiger partial charge in [-0.25, -0.2) is 0 Å². The first kappa shape index (κ1) is 14.4. The molecule has 1 aromatic carbocycles. The molecular formula is C17H27NO. The van der Waals surface area contributed by atoms with Crippen LogP contribution in [0, 0.1) is 6.92 Å². The van der Waals surface area contributed by atoms with E-state index in [-0.39, 0.29) is 5.41 Å². The molecule has 1 aliphatic heterocycles. The Hall–Kier alpha value is -1.02. The van der Waals surface area contributed by atoms with Crippen LogP contribution in [0.4, 0.5) is 0 Å². The van der Waals surface area contributed by atoms with Crippen LogP contribution in [0.15, 0.2) is 12.1 Å². The molecule has 1 aromatic rings. The third-order valence-electron chi connectivity index (χ3n) is 3.73. The van der Waals surface area contributed by atoms with Crippen LogP contribution >= 0.6 is 0 Å². The number of aryl methyl sites for hydroxylation is 1. The molecule has 2 nitrogen and oxygen atoms in total. The highest BCUT2D eigenvalue weighted by atomic mass is 16.5. The van der Waals surface area contributed by atoms with E-state index in [0.717, 1.165) is 18.8 Å². The average molecular weight is 261 g/mol. The third-order valence-corrected chi connectivity index (χ3v) is 3.73. The minimum Gasteiger partial charge on any atom is -0.493 e. The Morgan fingerprint density at radius 2 is 1.95 bits per heavy atom. The van der Waals surface area contributed by atoms with E-state index < -0.39 is 0 Å². The average Bonchev–Trinajstić information content (AvgIpc) is 2.28. The van der Waals surface area contributed by atoms with Gasteiger partial charge in [-0.1, -0.05) is 40.7 Å².